The maximum absolute atomic E-state index is 12.3. The van der Waals surface area contributed by atoms with Crippen molar-refractivity contribution >= 4 is 21.9 Å². The summed E-state index contributed by atoms with van der Waals surface area (Å²) in [6, 6.07) is 3.67. The predicted molar refractivity (Wildman–Crippen MR) is 79.0 cm³/mol. The minimum absolute atomic E-state index is 0.0217. The van der Waals surface area contributed by atoms with Crippen molar-refractivity contribution in [1.29, 1.82) is 0 Å². The number of hydroxylamine groups is 1. The van der Waals surface area contributed by atoms with Gasteiger partial charge in [0.05, 0.1) is 19.8 Å². The summed E-state index contributed by atoms with van der Waals surface area (Å²) in [7, 11) is -0.393. The van der Waals surface area contributed by atoms with Gasteiger partial charge in [-0.2, -0.15) is 0 Å². The molecular weight excluding hydrogens is 328 g/mol. The van der Waals surface area contributed by atoms with E-state index in [9.17, 15) is 18.0 Å². The number of nitrogens with zero attached hydrogens (tertiary/aromatic N) is 1. The van der Waals surface area contributed by atoms with E-state index in [-0.39, 0.29) is 16.2 Å². The van der Waals surface area contributed by atoms with Gasteiger partial charge in [0, 0.05) is 7.05 Å². The van der Waals surface area contributed by atoms with Gasteiger partial charge in [-0.1, -0.05) is 4.47 Å². The van der Waals surface area contributed by atoms with Crippen LogP contribution in [0.15, 0.2) is 23.1 Å². The van der Waals surface area contributed by atoms with E-state index in [0.29, 0.717) is 4.47 Å². The molecule has 0 aliphatic carbocycles. The van der Waals surface area contributed by atoms with Crippen LogP contribution in [-0.2, 0) is 24.4 Å². The highest BCUT2D eigenvalue weighted by Crippen LogP contribution is 2.27. The number of nitrogens with two attached hydrogens (primary N) is 1. The van der Waals surface area contributed by atoms with E-state index >= 15 is 0 Å². The van der Waals surface area contributed by atoms with E-state index in [1.165, 1.54) is 40.3 Å². The van der Waals surface area contributed by atoms with Gasteiger partial charge >= 0.3 is 5.97 Å². The van der Waals surface area contributed by atoms with Crippen LogP contribution < -0.4 is 10.5 Å². The fourth-order valence-corrected chi connectivity index (χ4v) is 2.68. The van der Waals surface area contributed by atoms with Crippen molar-refractivity contribution in [2.45, 2.75) is 17.9 Å². The Morgan fingerprint density at radius 1 is 1.26 bits per heavy atom. The lowest BCUT2D eigenvalue weighted by Crippen LogP contribution is -2.30. The Labute approximate surface area is 133 Å². The molecule has 0 saturated heterocycles. The van der Waals surface area contributed by atoms with Gasteiger partial charge in [-0.05, 0) is 25.1 Å². The molecule has 0 saturated carbocycles. The first-order valence-corrected chi connectivity index (χ1v) is 7.80. The van der Waals surface area contributed by atoms with E-state index in [0.717, 1.165) is 6.07 Å². The highest BCUT2D eigenvalue weighted by Gasteiger charge is 2.27. The summed E-state index contributed by atoms with van der Waals surface area (Å²) < 4.78 is 35.1. The molecule has 0 spiro atoms. The van der Waals surface area contributed by atoms with E-state index < -0.39 is 28.0 Å². The maximum Gasteiger partial charge on any atom is 0.338 e. The summed E-state index contributed by atoms with van der Waals surface area (Å²) >= 11 is 0. The molecule has 0 radical (unpaired) electrons. The highest BCUT2D eigenvalue weighted by atomic mass is 32.2. The largest absolute Gasteiger partial charge is 0.495 e. The third-order valence-corrected chi connectivity index (χ3v) is 4.66. The number of hydrogen-bond acceptors (Lipinski definition) is 7. The van der Waals surface area contributed by atoms with Gasteiger partial charge in [-0.15, -0.1) is 0 Å². The zero-order chi connectivity index (χ0) is 17.8. The van der Waals surface area contributed by atoms with E-state index in [4.69, 9.17) is 15.2 Å². The van der Waals surface area contributed by atoms with E-state index in [2.05, 4.69) is 4.84 Å². The molecule has 0 aliphatic heterocycles. The third-order valence-electron chi connectivity index (χ3n) is 2.96. The summed E-state index contributed by atoms with van der Waals surface area (Å²) in [4.78, 5) is 27.3. The number of sulfonamides is 1. The first kappa shape index (κ1) is 18.9. The van der Waals surface area contributed by atoms with Crippen LogP contribution in [0.4, 0.5) is 0 Å². The third kappa shape index (κ3) is 4.18. The summed E-state index contributed by atoms with van der Waals surface area (Å²) in [5, 5.41) is 0. The Bertz CT molecular complexity index is 702. The average Bonchev–Trinajstić information content (AvgIpc) is 2.52. The van der Waals surface area contributed by atoms with Crippen molar-refractivity contribution < 1.29 is 32.3 Å². The molecule has 1 aromatic carbocycles. The molecule has 0 aromatic heterocycles. The van der Waals surface area contributed by atoms with Crippen molar-refractivity contribution in [3.8, 4) is 5.75 Å². The molecule has 0 heterocycles. The second kappa shape index (κ2) is 7.40. The molecule has 2 N–H and O–H groups in total. The van der Waals surface area contributed by atoms with Crippen LogP contribution in [0.2, 0.25) is 0 Å². The Hall–Kier alpha value is -2.17. The first-order valence-electron chi connectivity index (χ1n) is 6.36. The number of carbonyl (C=O) groups is 2. The fourth-order valence-electron chi connectivity index (χ4n) is 1.53. The number of primary amides is 1. The van der Waals surface area contributed by atoms with E-state index in [1.54, 1.807) is 0 Å². The molecule has 1 rings (SSSR count). The molecule has 1 atom stereocenters. The summed E-state index contributed by atoms with van der Waals surface area (Å²) in [6.45, 7) is 1.31. The molecule has 23 heavy (non-hydrogen) atoms. The fraction of sp³-hybridized carbons (Fsp3) is 0.385. The van der Waals surface area contributed by atoms with Gasteiger partial charge in [-0.25, -0.2) is 13.2 Å². The molecule has 1 aromatic rings. The molecule has 1 amide bonds. The maximum atomic E-state index is 12.3. The van der Waals surface area contributed by atoms with Gasteiger partial charge < -0.3 is 15.2 Å². The molecular formula is C13H18N2O7S. The van der Waals surface area contributed by atoms with Crippen LogP contribution in [0.25, 0.3) is 0 Å². The number of ether oxygens (including phenoxy) is 2. The number of hydrogen-bond donors (Lipinski definition) is 1. The van der Waals surface area contributed by atoms with Crippen LogP contribution in [0, 0.1) is 0 Å². The van der Waals surface area contributed by atoms with Crippen molar-refractivity contribution in [2.75, 3.05) is 21.3 Å². The van der Waals surface area contributed by atoms with E-state index in [1.807, 2.05) is 0 Å². The molecule has 0 fully saturated rings. The lowest BCUT2D eigenvalue weighted by molar-refractivity contribution is -0.125. The smallest absolute Gasteiger partial charge is 0.338 e. The minimum atomic E-state index is -4.05. The Kier molecular flexibility index (Phi) is 6.07. The van der Waals surface area contributed by atoms with Crippen LogP contribution in [-0.4, -0.2) is 52.1 Å². The summed E-state index contributed by atoms with van der Waals surface area (Å²) in [6.07, 6.45) is -1.15. The Balaban J connectivity index is 3.28. The van der Waals surface area contributed by atoms with Gasteiger partial charge in [0.25, 0.3) is 15.9 Å². The topological polar surface area (TPSA) is 125 Å². The first-order chi connectivity index (χ1) is 10.6. The Morgan fingerprint density at radius 2 is 1.87 bits per heavy atom. The van der Waals surface area contributed by atoms with Crippen molar-refractivity contribution in [2.24, 2.45) is 5.73 Å². The molecule has 128 valence electrons. The summed E-state index contributed by atoms with van der Waals surface area (Å²) in [5.74, 6) is -1.69. The average molecular weight is 346 g/mol. The van der Waals surface area contributed by atoms with Crippen molar-refractivity contribution in [3.63, 3.8) is 0 Å². The Morgan fingerprint density at radius 3 is 2.35 bits per heavy atom. The summed E-state index contributed by atoms with van der Waals surface area (Å²) in [5.41, 5.74) is 4.93. The second-order valence-electron chi connectivity index (χ2n) is 4.41. The van der Waals surface area contributed by atoms with Crippen molar-refractivity contribution in [1.82, 2.24) is 4.47 Å². The normalized spacial score (nSPS) is 12.7. The molecule has 0 aliphatic rings. The van der Waals surface area contributed by atoms with Crippen LogP contribution in [0.3, 0.4) is 0 Å². The predicted octanol–water partition coefficient (Wildman–Crippen LogP) is -0.0923. The van der Waals surface area contributed by atoms with Crippen LogP contribution in [0.5, 0.6) is 5.75 Å². The zero-order valence-electron chi connectivity index (χ0n) is 13.1. The quantitative estimate of drug-likeness (QED) is 0.540. The van der Waals surface area contributed by atoms with Gasteiger partial charge in [0.2, 0.25) is 0 Å². The van der Waals surface area contributed by atoms with Crippen LogP contribution >= 0.6 is 0 Å². The second-order valence-corrected chi connectivity index (χ2v) is 6.32. The van der Waals surface area contributed by atoms with Gasteiger partial charge in [-0.3, -0.25) is 9.63 Å². The molecule has 0 unspecified atom stereocenters. The lowest BCUT2D eigenvalue weighted by Gasteiger charge is -2.17. The number of rotatable bonds is 7. The number of benzene rings is 1. The molecule has 0 bridgehead atoms. The van der Waals surface area contributed by atoms with Crippen LogP contribution in [0.1, 0.15) is 17.3 Å². The number of carbonyl (C=O) groups excluding carboxylic acids is 2. The zero-order valence-corrected chi connectivity index (χ0v) is 13.9. The standard InChI is InChI=1S/C13H18N2O7S/c1-8(12(14)16)22-13(17)9-5-6-10(20-3)11(7-9)23(18,19)15(2)21-4/h5-8H,1-4H3,(H2,14,16)/t8-/m1/s1. The molecule has 10 heteroatoms. The van der Waals surface area contributed by atoms with Gasteiger partial charge in [0.15, 0.2) is 6.10 Å². The number of amides is 1. The minimum Gasteiger partial charge on any atom is -0.495 e. The van der Waals surface area contributed by atoms with Gasteiger partial charge in [0.1, 0.15) is 10.6 Å². The lowest BCUT2D eigenvalue weighted by atomic mass is 10.2. The molecule has 9 nitrogen and oxygen atoms in total. The number of methoxy groups -OCH3 is 1. The highest BCUT2D eigenvalue weighted by molar-refractivity contribution is 7.89. The van der Waals surface area contributed by atoms with Crippen molar-refractivity contribution in [3.05, 3.63) is 23.8 Å². The monoisotopic (exact) mass is 346 g/mol. The number of esters is 1. The SMILES string of the molecule is COc1ccc(C(=O)O[C@H](C)C(N)=O)cc1S(=O)(=O)N(C)OC.